The van der Waals surface area contributed by atoms with E-state index in [0.29, 0.717) is 37.6 Å². The zero-order valence-electron chi connectivity index (χ0n) is 18.6. The first-order chi connectivity index (χ1) is 15.8. The van der Waals surface area contributed by atoms with Crippen LogP contribution in [0.15, 0.2) is 52.3 Å². The van der Waals surface area contributed by atoms with Gasteiger partial charge in [-0.25, -0.2) is 8.42 Å². The summed E-state index contributed by atoms with van der Waals surface area (Å²) in [6.07, 6.45) is 0. The smallest absolute Gasteiger partial charge is 0.234 e. The molecule has 0 unspecified atom stereocenters. The average Bonchev–Trinajstić information content (AvgIpc) is 2.82. The third-order valence-corrected chi connectivity index (χ3v) is 8.84. The molecule has 176 valence electrons. The molecule has 0 spiro atoms. The first kappa shape index (κ1) is 23.4. The maximum atomic E-state index is 13.0. The minimum Gasteiger partial charge on any atom is -0.495 e. The molecule has 10 heteroatoms. The number of hydrogen-bond donors (Lipinski definition) is 1. The van der Waals surface area contributed by atoms with Gasteiger partial charge in [0.15, 0.2) is 9.84 Å². The lowest BCUT2D eigenvalue weighted by Gasteiger charge is -2.37. The molecule has 1 N–H and O–H groups in total. The van der Waals surface area contributed by atoms with Crippen molar-refractivity contribution in [3.8, 4) is 5.75 Å². The molecular weight excluding hydrogens is 462 g/mol. The molecule has 2 aromatic rings. The van der Waals surface area contributed by atoms with Gasteiger partial charge >= 0.3 is 0 Å². The summed E-state index contributed by atoms with van der Waals surface area (Å²) in [5, 5.41) is 2.71. The largest absolute Gasteiger partial charge is 0.495 e. The Morgan fingerprint density at radius 3 is 2.61 bits per heavy atom. The van der Waals surface area contributed by atoms with Crippen molar-refractivity contribution in [3.05, 3.63) is 42.5 Å². The molecular formula is C23H27N3O5S2. The van der Waals surface area contributed by atoms with Gasteiger partial charge in [0.2, 0.25) is 11.8 Å². The maximum absolute atomic E-state index is 13.0. The van der Waals surface area contributed by atoms with E-state index in [9.17, 15) is 18.0 Å². The fraction of sp³-hybridized carbons (Fsp3) is 0.391. The highest BCUT2D eigenvalue weighted by Crippen LogP contribution is 2.34. The van der Waals surface area contributed by atoms with E-state index in [1.165, 1.54) is 17.8 Å². The van der Waals surface area contributed by atoms with Gasteiger partial charge in [-0.05, 0) is 30.3 Å². The van der Waals surface area contributed by atoms with Crippen LogP contribution in [-0.4, -0.2) is 69.9 Å². The van der Waals surface area contributed by atoms with Gasteiger partial charge in [-0.15, -0.1) is 11.8 Å². The summed E-state index contributed by atoms with van der Waals surface area (Å²) in [6, 6.07) is 12.5. The standard InChI is InChI=1S/C23H27N3O5S2/c1-16(15-33(29,30)17-7-8-21-18(13-17)24-22(27)14-32-21)23(28)26-11-9-25(10-12-26)19-5-3-4-6-20(19)31-2/h3-8,13,16H,9-12,14-15H2,1-2H3,(H,24,27)/t16-/m0/s1. The average molecular weight is 490 g/mol. The van der Waals surface area contributed by atoms with Gasteiger partial charge < -0.3 is 19.9 Å². The Morgan fingerprint density at radius 2 is 1.88 bits per heavy atom. The van der Waals surface area contributed by atoms with E-state index in [1.807, 2.05) is 24.3 Å². The van der Waals surface area contributed by atoms with Crippen LogP contribution in [0.1, 0.15) is 6.92 Å². The number of carbonyl (C=O) groups excluding carboxylic acids is 2. The number of methoxy groups -OCH3 is 1. The molecule has 0 aromatic heterocycles. The summed E-state index contributed by atoms with van der Waals surface area (Å²) >= 11 is 1.37. The lowest BCUT2D eigenvalue weighted by atomic mass is 10.1. The number of piperazine rings is 1. The highest BCUT2D eigenvalue weighted by Gasteiger charge is 2.30. The van der Waals surface area contributed by atoms with Crippen molar-refractivity contribution in [1.29, 1.82) is 0 Å². The summed E-state index contributed by atoms with van der Waals surface area (Å²) < 4.78 is 31.4. The number of sulfone groups is 1. The molecule has 1 saturated heterocycles. The summed E-state index contributed by atoms with van der Waals surface area (Å²) in [5.74, 6) is -0.171. The number of amides is 2. The molecule has 0 aliphatic carbocycles. The van der Waals surface area contributed by atoms with Crippen molar-refractivity contribution < 1.29 is 22.7 Å². The van der Waals surface area contributed by atoms with Crippen LogP contribution in [0.2, 0.25) is 0 Å². The van der Waals surface area contributed by atoms with E-state index in [0.717, 1.165) is 16.3 Å². The van der Waals surface area contributed by atoms with Crippen molar-refractivity contribution in [1.82, 2.24) is 4.90 Å². The molecule has 4 rings (SSSR count). The predicted molar refractivity (Wildman–Crippen MR) is 129 cm³/mol. The first-order valence-electron chi connectivity index (χ1n) is 10.7. The number of ether oxygens (including phenoxy) is 1. The fourth-order valence-electron chi connectivity index (χ4n) is 4.12. The zero-order valence-corrected chi connectivity index (χ0v) is 20.2. The summed E-state index contributed by atoms with van der Waals surface area (Å²) in [6.45, 7) is 3.98. The lowest BCUT2D eigenvalue weighted by Crippen LogP contribution is -2.50. The number of para-hydroxylation sites is 2. The second-order valence-corrected chi connectivity index (χ2v) is 11.2. The maximum Gasteiger partial charge on any atom is 0.234 e. The van der Waals surface area contributed by atoms with E-state index < -0.39 is 15.8 Å². The normalized spacial score (nSPS) is 17.2. The van der Waals surface area contributed by atoms with Crippen molar-refractivity contribution in [2.45, 2.75) is 16.7 Å². The molecule has 33 heavy (non-hydrogen) atoms. The number of benzene rings is 2. The van der Waals surface area contributed by atoms with E-state index in [2.05, 4.69) is 10.2 Å². The number of thioether (sulfide) groups is 1. The number of nitrogens with one attached hydrogen (secondary N) is 1. The molecule has 2 heterocycles. The molecule has 2 aromatic carbocycles. The van der Waals surface area contributed by atoms with Crippen molar-refractivity contribution >= 4 is 44.8 Å². The summed E-state index contributed by atoms with van der Waals surface area (Å²) in [5.41, 5.74) is 1.49. The van der Waals surface area contributed by atoms with Crippen LogP contribution >= 0.6 is 11.8 Å². The van der Waals surface area contributed by atoms with Crippen LogP contribution < -0.4 is 15.0 Å². The minimum atomic E-state index is -3.69. The molecule has 2 amide bonds. The van der Waals surface area contributed by atoms with Crippen molar-refractivity contribution in [2.75, 3.05) is 55.0 Å². The quantitative estimate of drug-likeness (QED) is 0.666. The number of anilines is 2. The Balaban J connectivity index is 1.39. The SMILES string of the molecule is COc1ccccc1N1CCN(C(=O)[C@@H](C)CS(=O)(=O)c2ccc3c(c2)NC(=O)CS3)CC1. The molecule has 0 saturated carbocycles. The third-order valence-electron chi connectivity index (χ3n) is 5.85. The fourth-order valence-corrected chi connectivity index (χ4v) is 6.48. The number of nitrogens with zero attached hydrogens (tertiary/aromatic N) is 2. The molecule has 2 aliphatic heterocycles. The van der Waals surface area contributed by atoms with Gasteiger partial charge in [0, 0.05) is 37.0 Å². The van der Waals surface area contributed by atoms with Gasteiger partial charge in [-0.2, -0.15) is 0 Å². The number of fused-ring (bicyclic) bond motifs is 1. The number of carbonyl (C=O) groups is 2. The van der Waals surface area contributed by atoms with Gasteiger partial charge in [-0.1, -0.05) is 19.1 Å². The van der Waals surface area contributed by atoms with Crippen LogP contribution in [0, 0.1) is 5.92 Å². The highest BCUT2D eigenvalue weighted by molar-refractivity contribution is 8.00. The van der Waals surface area contributed by atoms with Crippen LogP contribution in [0.5, 0.6) is 5.75 Å². The Bertz CT molecular complexity index is 1160. The van der Waals surface area contributed by atoms with E-state index >= 15 is 0 Å². The van der Waals surface area contributed by atoms with Crippen LogP contribution in [0.3, 0.4) is 0 Å². The summed E-state index contributed by atoms with van der Waals surface area (Å²) in [4.78, 5) is 29.5. The third kappa shape index (κ3) is 5.11. The summed E-state index contributed by atoms with van der Waals surface area (Å²) in [7, 11) is -2.06. The van der Waals surface area contributed by atoms with E-state index in [-0.39, 0.29) is 22.5 Å². The topological polar surface area (TPSA) is 96.0 Å². The molecule has 0 radical (unpaired) electrons. The van der Waals surface area contributed by atoms with Gasteiger partial charge in [0.05, 0.1) is 34.9 Å². The van der Waals surface area contributed by atoms with Gasteiger partial charge in [-0.3, -0.25) is 9.59 Å². The molecule has 1 atom stereocenters. The molecule has 8 nitrogen and oxygen atoms in total. The van der Waals surface area contributed by atoms with Gasteiger partial charge in [0.1, 0.15) is 5.75 Å². The highest BCUT2D eigenvalue weighted by atomic mass is 32.2. The minimum absolute atomic E-state index is 0.115. The van der Waals surface area contributed by atoms with Crippen LogP contribution in [0.25, 0.3) is 0 Å². The molecule has 0 bridgehead atoms. The van der Waals surface area contributed by atoms with Crippen LogP contribution in [0.4, 0.5) is 11.4 Å². The predicted octanol–water partition coefficient (Wildman–Crippen LogP) is 2.50. The van der Waals surface area contributed by atoms with E-state index in [4.69, 9.17) is 4.74 Å². The number of hydrogen-bond acceptors (Lipinski definition) is 7. The second-order valence-electron chi connectivity index (χ2n) is 8.16. The van der Waals surface area contributed by atoms with Gasteiger partial charge in [0.25, 0.3) is 0 Å². The second kappa shape index (κ2) is 9.64. The first-order valence-corrected chi connectivity index (χ1v) is 13.4. The van der Waals surface area contributed by atoms with Crippen molar-refractivity contribution in [2.24, 2.45) is 5.92 Å². The van der Waals surface area contributed by atoms with Crippen LogP contribution in [-0.2, 0) is 19.4 Å². The molecule has 1 fully saturated rings. The Labute approximate surface area is 198 Å². The van der Waals surface area contributed by atoms with Crippen molar-refractivity contribution in [3.63, 3.8) is 0 Å². The van der Waals surface area contributed by atoms with E-state index in [1.54, 1.807) is 31.1 Å². The monoisotopic (exact) mass is 489 g/mol. The zero-order chi connectivity index (χ0) is 23.6. The Hall–Kier alpha value is -2.72. The Kier molecular flexibility index (Phi) is 6.85. The Morgan fingerprint density at radius 1 is 1.15 bits per heavy atom. The number of rotatable bonds is 6. The molecule has 2 aliphatic rings. The lowest BCUT2D eigenvalue weighted by molar-refractivity contribution is -0.134.